The van der Waals surface area contributed by atoms with Crippen LogP contribution in [0.1, 0.15) is 0 Å². The second-order valence-electron chi connectivity index (χ2n) is 4.80. The summed E-state index contributed by atoms with van der Waals surface area (Å²) in [4.78, 5) is 12.8. The summed E-state index contributed by atoms with van der Waals surface area (Å²) < 4.78 is 42.4. The van der Waals surface area contributed by atoms with Gasteiger partial charge in [0.15, 0.2) is 11.5 Å². The molecule has 0 spiro atoms. The first-order valence-electron chi connectivity index (χ1n) is 6.87. The topological polar surface area (TPSA) is 94.2 Å². The van der Waals surface area contributed by atoms with Gasteiger partial charge in [-0.3, -0.25) is 0 Å². The van der Waals surface area contributed by atoms with Crippen molar-refractivity contribution in [3.05, 3.63) is 18.2 Å². The molecule has 3 rings (SSSR count). The van der Waals surface area contributed by atoms with Crippen molar-refractivity contribution in [3.8, 4) is 11.5 Å². The number of benzene rings is 1. The number of rotatable bonds is 5. The first kappa shape index (κ1) is 14.9. The van der Waals surface area contributed by atoms with Crippen molar-refractivity contribution in [2.24, 2.45) is 0 Å². The maximum atomic E-state index is 12.2. The van der Waals surface area contributed by atoms with Crippen molar-refractivity contribution in [2.75, 3.05) is 39.5 Å². The van der Waals surface area contributed by atoms with Gasteiger partial charge in [-0.1, -0.05) is 0 Å². The van der Waals surface area contributed by atoms with E-state index in [4.69, 9.17) is 14.2 Å². The Labute approximate surface area is 128 Å². The second kappa shape index (κ2) is 6.01. The van der Waals surface area contributed by atoms with Crippen LogP contribution >= 0.6 is 0 Å². The standard InChI is InChI=1S/C13H16N2O6S/c16-13-15(5-6-21-13)4-3-14-22(17,18)10-1-2-11-12(9-10)20-8-7-19-11/h1-2,9,14H,3-8H2. The van der Waals surface area contributed by atoms with Crippen LogP contribution in [0.4, 0.5) is 4.79 Å². The molecule has 1 aromatic carbocycles. The van der Waals surface area contributed by atoms with Crippen molar-refractivity contribution < 1.29 is 27.4 Å². The summed E-state index contributed by atoms with van der Waals surface area (Å²) in [6, 6.07) is 4.46. The summed E-state index contributed by atoms with van der Waals surface area (Å²) in [6.45, 7) is 2.04. The van der Waals surface area contributed by atoms with Crippen molar-refractivity contribution >= 4 is 16.1 Å². The van der Waals surface area contributed by atoms with Crippen LogP contribution in [0, 0.1) is 0 Å². The van der Waals surface area contributed by atoms with Gasteiger partial charge in [0, 0.05) is 19.2 Å². The lowest BCUT2D eigenvalue weighted by atomic mass is 10.3. The molecule has 2 aliphatic rings. The molecule has 8 nitrogen and oxygen atoms in total. The SMILES string of the molecule is O=C1OCCN1CCNS(=O)(=O)c1ccc2c(c1)OCCO2. The van der Waals surface area contributed by atoms with Gasteiger partial charge in [0.25, 0.3) is 0 Å². The van der Waals surface area contributed by atoms with E-state index in [-0.39, 0.29) is 18.0 Å². The van der Waals surface area contributed by atoms with Gasteiger partial charge in [0.1, 0.15) is 19.8 Å². The zero-order valence-corrected chi connectivity index (χ0v) is 12.6. The largest absolute Gasteiger partial charge is 0.486 e. The zero-order valence-electron chi connectivity index (χ0n) is 11.8. The molecule has 1 fully saturated rings. The molecule has 1 saturated heterocycles. The fraction of sp³-hybridized carbons (Fsp3) is 0.462. The van der Waals surface area contributed by atoms with Gasteiger partial charge in [0.05, 0.1) is 11.4 Å². The number of carbonyl (C=O) groups excluding carboxylic acids is 1. The molecule has 9 heteroatoms. The highest BCUT2D eigenvalue weighted by molar-refractivity contribution is 7.89. The molecule has 2 aliphatic heterocycles. The van der Waals surface area contributed by atoms with Crippen LogP contribution in [0.2, 0.25) is 0 Å². The number of nitrogens with zero attached hydrogens (tertiary/aromatic N) is 1. The first-order chi connectivity index (χ1) is 10.6. The van der Waals surface area contributed by atoms with Gasteiger partial charge >= 0.3 is 6.09 Å². The average molecular weight is 328 g/mol. The van der Waals surface area contributed by atoms with Crippen molar-refractivity contribution in [1.29, 1.82) is 0 Å². The lowest BCUT2D eigenvalue weighted by molar-refractivity contribution is 0.159. The van der Waals surface area contributed by atoms with Crippen molar-refractivity contribution in [2.45, 2.75) is 4.90 Å². The third-order valence-electron chi connectivity index (χ3n) is 3.34. The minimum Gasteiger partial charge on any atom is -0.486 e. The van der Waals surface area contributed by atoms with E-state index in [2.05, 4.69) is 4.72 Å². The Morgan fingerprint density at radius 1 is 1.09 bits per heavy atom. The number of sulfonamides is 1. The normalized spacial score (nSPS) is 17.5. The van der Waals surface area contributed by atoms with Gasteiger partial charge < -0.3 is 19.1 Å². The Bertz CT molecular complexity index is 675. The fourth-order valence-electron chi connectivity index (χ4n) is 2.22. The monoisotopic (exact) mass is 328 g/mol. The molecule has 0 aliphatic carbocycles. The highest BCUT2D eigenvalue weighted by Crippen LogP contribution is 2.32. The highest BCUT2D eigenvalue weighted by Gasteiger charge is 2.23. The van der Waals surface area contributed by atoms with Crippen molar-refractivity contribution in [3.63, 3.8) is 0 Å². The predicted molar refractivity (Wildman–Crippen MR) is 75.5 cm³/mol. The maximum absolute atomic E-state index is 12.2. The molecule has 0 bridgehead atoms. The summed E-state index contributed by atoms with van der Waals surface area (Å²) in [5, 5.41) is 0. The van der Waals surface area contributed by atoms with E-state index in [1.807, 2.05) is 0 Å². The number of fused-ring (bicyclic) bond motifs is 1. The van der Waals surface area contributed by atoms with Gasteiger partial charge in [-0.05, 0) is 12.1 Å². The quantitative estimate of drug-likeness (QED) is 0.829. The molecular formula is C13H16N2O6S. The molecule has 0 aromatic heterocycles. The molecule has 1 amide bonds. The summed E-state index contributed by atoms with van der Waals surface area (Å²) in [5.74, 6) is 0.947. The highest BCUT2D eigenvalue weighted by atomic mass is 32.2. The van der Waals surface area contributed by atoms with E-state index in [0.717, 1.165) is 0 Å². The molecule has 120 valence electrons. The average Bonchev–Trinajstić information content (AvgIpc) is 2.92. The third kappa shape index (κ3) is 3.09. The predicted octanol–water partition coefficient (Wildman–Crippen LogP) is 0.188. The second-order valence-corrected chi connectivity index (χ2v) is 6.57. The molecule has 2 heterocycles. The van der Waals surface area contributed by atoms with E-state index < -0.39 is 16.1 Å². The Morgan fingerprint density at radius 3 is 2.59 bits per heavy atom. The third-order valence-corrected chi connectivity index (χ3v) is 4.80. The maximum Gasteiger partial charge on any atom is 0.409 e. The van der Waals surface area contributed by atoms with Crippen LogP contribution in [-0.4, -0.2) is 58.9 Å². The molecule has 22 heavy (non-hydrogen) atoms. The molecule has 1 N–H and O–H groups in total. The molecule has 0 saturated carbocycles. The summed E-state index contributed by atoms with van der Waals surface area (Å²) in [5.41, 5.74) is 0. The Kier molecular flexibility index (Phi) is 4.08. The minimum absolute atomic E-state index is 0.0979. The fourth-order valence-corrected chi connectivity index (χ4v) is 3.25. The molecular weight excluding hydrogens is 312 g/mol. The Morgan fingerprint density at radius 2 is 1.86 bits per heavy atom. The Balaban J connectivity index is 1.63. The summed E-state index contributed by atoms with van der Waals surface area (Å²) >= 11 is 0. The molecule has 0 unspecified atom stereocenters. The lowest BCUT2D eigenvalue weighted by Crippen LogP contribution is -2.35. The zero-order chi connectivity index (χ0) is 15.6. The number of hydrogen-bond acceptors (Lipinski definition) is 6. The van der Waals surface area contributed by atoms with E-state index in [0.29, 0.717) is 37.9 Å². The first-order valence-corrected chi connectivity index (χ1v) is 8.35. The van der Waals surface area contributed by atoms with E-state index >= 15 is 0 Å². The number of nitrogens with one attached hydrogen (secondary N) is 1. The summed E-state index contributed by atoms with van der Waals surface area (Å²) in [7, 11) is -3.67. The van der Waals surface area contributed by atoms with Crippen LogP contribution in [0.25, 0.3) is 0 Å². The smallest absolute Gasteiger partial charge is 0.409 e. The van der Waals surface area contributed by atoms with E-state index in [1.54, 1.807) is 6.07 Å². The van der Waals surface area contributed by atoms with Crippen LogP contribution in [0.3, 0.4) is 0 Å². The van der Waals surface area contributed by atoms with Crippen LogP contribution in [0.15, 0.2) is 23.1 Å². The number of carbonyl (C=O) groups is 1. The number of amides is 1. The van der Waals surface area contributed by atoms with E-state index in [9.17, 15) is 13.2 Å². The number of ether oxygens (including phenoxy) is 3. The minimum atomic E-state index is -3.67. The number of hydrogen-bond donors (Lipinski definition) is 1. The van der Waals surface area contributed by atoms with Crippen LogP contribution in [-0.2, 0) is 14.8 Å². The van der Waals surface area contributed by atoms with Crippen LogP contribution in [0.5, 0.6) is 11.5 Å². The molecule has 0 radical (unpaired) electrons. The number of cyclic esters (lactones) is 1. The summed E-state index contributed by atoms with van der Waals surface area (Å²) in [6.07, 6.45) is -0.418. The van der Waals surface area contributed by atoms with Crippen LogP contribution < -0.4 is 14.2 Å². The Hall–Kier alpha value is -2.00. The van der Waals surface area contributed by atoms with Gasteiger partial charge in [-0.25, -0.2) is 17.9 Å². The van der Waals surface area contributed by atoms with Gasteiger partial charge in [-0.15, -0.1) is 0 Å². The van der Waals surface area contributed by atoms with Gasteiger partial charge in [-0.2, -0.15) is 0 Å². The van der Waals surface area contributed by atoms with E-state index in [1.165, 1.54) is 17.0 Å². The lowest BCUT2D eigenvalue weighted by Gasteiger charge is -2.19. The van der Waals surface area contributed by atoms with Crippen molar-refractivity contribution in [1.82, 2.24) is 9.62 Å². The molecule has 0 atom stereocenters. The van der Waals surface area contributed by atoms with Gasteiger partial charge in [0.2, 0.25) is 10.0 Å². The molecule has 1 aromatic rings.